The molecule has 0 aromatic heterocycles. The van der Waals surface area contributed by atoms with Gasteiger partial charge in [0, 0.05) is 24.3 Å². The third-order valence-corrected chi connectivity index (χ3v) is 6.44. The lowest BCUT2D eigenvalue weighted by molar-refractivity contribution is 0.0730. The Labute approximate surface area is 171 Å². The molecule has 8 heteroatoms. The van der Waals surface area contributed by atoms with Gasteiger partial charge in [0.2, 0.25) is 10.0 Å². The average molecular weight is 416 g/mol. The monoisotopic (exact) mass is 416 g/mol. The van der Waals surface area contributed by atoms with Gasteiger partial charge in [-0.3, -0.25) is 4.79 Å². The standard InChI is InChI=1S/C21H24N2O5S/c1-3-12-28-18-7-5-17(6-8-18)22-21(24)20-15-19(9-4-16(20)2)29(25,26)23-10-13-27-14-11-23/h3-9,15H,1,10-14H2,2H3,(H,22,24). The van der Waals surface area contributed by atoms with E-state index in [0.717, 1.165) is 0 Å². The minimum atomic E-state index is -3.67. The van der Waals surface area contributed by atoms with E-state index in [4.69, 9.17) is 9.47 Å². The highest BCUT2D eigenvalue weighted by Crippen LogP contribution is 2.22. The normalized spacial score (nSPS) is 14.9. The Balaban J connectivity index is 1.78. The molecule has 0 atom stereocenters. The van der Waals surface area contributed by atoms with Gasteiger partial charge in [0.15, 0.2) is 0 Å². The lowest BCUT2D eigenvalue weighted by Crippen LogP contribution is -2.40. The van der Waals surface area contributed by atoms with Crippen LogP contribution in [0.5, 0.6) is 5.75 Å². The zero-order valence-electron chi connectivity index (χ0n) is 16.3. The predicted octanol–water partition coefficient (Wildman–Crippen LogP) is 2.83. The number of morpholine rings is 1. The van der Waals surface area contributed by atoms with Crippen LogP contribution in [0, 0.1) is 6.92 Å². The molecule has 0 unspecified atom stereocenters. The SMILES string of the molecule is C=CCOc1ccc(NC(=O)c2cc(S(=O)(=O)N3CCOCC3)ccc2C)cc1. The first-order valence-electron chi connectivity index (χ1n) is 9.25. The number of nitrogens with one attached hydrogen (secondary N) is 1. The third kappa shape index (κ3) is 5.03. The topological polar surface area (TPSA) is 84.9 Å². The van der Waals surface area contributed by atoms with Gasteiger partial charge in [-0.2, -0.15) is 4.31 Å². The molecular formula is C21H24N2O5S. The summed E-state index contributed by atoms with van der Waals surface area (Å²) in [6.07, 6.45) is 1.65. The number of amides is 1. The number of benzene rings is 2. The fraction of sp³-hybridized carbons (Fsp3) is 0.286. The molecule has 1 aliphatic heterocycles. The van der Waals surface area contributed by atoms with Crippen molar-refractivity contribution < 1.29 is 22.7 Å². The summed E-state index contributed by atoms with van der Waals surface area (Å²) in [4.78, 5) is 12.9. The number of hydrogen-bond donors (Lipinski definition) is 1. The minimum absolute atomic E-state index is 0.100. The second kappa shape index (κ2) is 9.21. The van der Waals surface area contributed by atoms with Crippen molar-refractivity contribution in [3.63, 3.8) is 0 Å². The Bertz CT molecular complexity index is 981. The molecule has 1 heterocycles. The van der Waals surface area contributed by atoms with Gasteiger partial charge in [0.1, 0.15) is 12.4 Å². The van der Waals surface area contributed by atoms with Crippen LogP contribution < -0.4 is 10.1 Å². The molecule has 2 aromatic rings. The summed E-state index contributed by atoms with van der Waals surface area (Å²) < 4.78 is 37.8. The van der Waals surface area contributed by atoms with Crippen LogP contribution in [-0.2, 0) is 14.8 Å². The van der Waals surface area contributed by atoms with Gasteiger partial charge in [-0.15, -0.1) is 0 Å². The van der Waals surface area contributed by atoms with E-state index in [9.17, 15) is 13.2 Å². The number of rotatable bonds is 7. The lowest BCUT2D eigenvalue weighted by Gasteiger charge is -2.26. The van der Waals surface area contributed by atoms with Gasteiger partial charge >= 0.3 is 0 Å². The van der Waals surface area contributed by atoms with Gasteiger partial charge in [0.25, 0.3) is 5.91 Å². The van der Waals surface area contributed by atoms with Crippen LogP contribution in [0.25, 0.3) is 0 Å². The van der Waals surface area contributed by atoms with Crippen molar-refractivity contribution in [3.8, 4) is 5.75 Å². The maximum Gasteiger partial charge on any atom is 0.255 e. The maximum atomic E-state index is 12.9. The van der Waals surface area contributed by atoms with E-state index in [1.165, 1.54) is 16.4 Å². The number of ether oxygens (including phenoxy) is 2. The highest BCUT2D eigenvalue weighted by molar-refractivity contribution is 7.89. The van der Waals surface area contributed by atoms with Gasteiger partial charge in [-0.05, 0) is 48.9 Å². The molecule has 1 fully saturated rings. The van der Waals surface area contributed by atoms with Crippen LogP contribution >= 0.6 is 0 Å². The lowest BCUT2D eigenvalue weighted by atomic mass is 10.1. The van der Waals surface area contributed by atoms with Crippen LogP contribution in [-0.4, -0.2) is 51.5 Å². The Morgan fingerprint density at radius 3 is 2.55 bits per heavy atom. The van der Waals surface area contributed by atoms with Crippen molar-refractivity contribution in [2.75, 3.05) is 38.2 Å². The minimum Gasteiger partial charge on any atom is -0.490 e. The molecular weight excluding hydrogens is 392 g/mol. The number of anilines is 1. The van der Waals surface area contributed by atoms with Gasteiger partial charge in [0.05, 0.1) is 18.1 Å². The highest BCUT2D eigenvalue weighted by Gasteiger charge is 2.27. The van der Waals surface area contributed by atoms with Crippen molar-refractivity contribution in [2.45, 2.75) is 11.8 Å². The first kappa shape index (κ1) is 21.0. The fourth-order valence-electron chi connectivity index (χ4n) is 2.93. The largest absolute Gasteiger partial charge is 0.490 e. The first-order valence-corrected chi connectivity index (χ1v) is 10.7. The number of carbonyl (C=O) groups is 1. The third-order valence-electron chi connectivity index (χ3n) is 4.54. The Hall–Kier alpha value is -2.68. The summed E-state index contributed by atoms with van der Waals surface area (Å²) in [5.74, 6) is 0.291. The number of aryl methyl sites for hydroxylation is 1. The molecule has 0 radical (unpaired) electrons. The molecule has 0 spiro atoms. The molecule has 1 N–H and O–H groups in total. The summed E-state index contributed by atoms with van der Waals surface area (Å²) in [7, 11) is -3.67. The molecule has 0 bridgehead atoms. The summed E-state index contributed by atoms with van der Waals surface area (Å²) in [5, 5.41) is 2.80. The smallest absolute Gasteiger partial charge is 0.255 e. The van der Waals surface area contributed by atoms with Crippen LogP contribution in [0.2, 0.25) is 0 Å². The molecule has 0 aliphatic carbocycles. The molecule has 1 aliphatic rings. The highest BCUT2D eigenvalue weighted by atomic mass is 32.2. The summed E-state index contributed by atoms with van der Waals surface area (Å²) in [5.41, 5.74) is 1.59. The number of sulfonamides is 1. The Morgan fingerprint density at radius 2 is 1.90 bits per heavy atom. The fourth-order valence-corrected chi connectivity index (χ4v) is 4.37. The first-order chi connectivity index (χ1) is 13.9. The van der Waals surface area contributed by atoms with E-state index in [-0.39, 0.29) is 10.8 Å². The second-order valence-corrected chi connectivity index (χ2v) is 8.51. The van der Waals surface area contributed by atoms with Crippen molar-refractivity contribution in [2.24, 2.45) is 0 Å². The molecule has 2 aromatic carbocycles. The zero-order chi connectivity index (χ0) is 20.9. The van der Waals surface area contributed by atoms with Gasteiger partial charge in [-0.1, -0.05) is 18.7 Å². The predicted molar refractivity (Wildman–Crippen MR) is 111 cm³/mol. The Morgan fingerprint density at radius 1 is 1.21 bits per heavy atom. The molecule has 154 valence electrons. The number of nitrogens with zero attached hydrogens (tertiary/aromatic N) is 1. The van der Waals surface area contributed by atoms with Gasteiger partial charge in [-0.25, -0.2) is 8.42 Å². The second-order valence-electron chi connectivity index (χ2n) is 6.57. The van der Waals surface area contributed by atoms with Crippen molar-refractivity contribution in [1.29, 1.82) is 0 Å². The summed E-state index contributed by atoms with van der Waals surface area (Å²) >= 11 is 0. The zero-order valence-corrected chi connectivity index (χ0v) is 17.1. The van der Waals surface area contributed by atoms with Crippen LogP contribution in [0.4, 0.5) is 5.69 Å². The molecule has 3 rings (SSSR count). The van der Waals surface area contributed by atoms with Gasteiger partial charge < -0.3 is 14.8 Å². The van der Waals surface area contributed by atoms with E-state index in [1.807, 2.05) is 0 Å². The summed E-state index contributed by atoms with van der Waals surface area (Å²) in [6.45, 7) is 7.10. The quantitative estimate of drug-likeness (QED) is 0.702. The van der Waals surface area contributed by atoms with E-state index < -0.39 is 10.0 Å². The molecule has 0 saturated carbocycles. The van der Waals surface area contributed by atoms with Crippen LogP contribution in [0.15, 0.2) is 60.0 Å². The average Bonchev–Trinajstić information content (AvgIpc) is 2.74. The molecule has 29 heavy (non-hydrogen) atoms. The Kier molecular flexibility index (Phi) is 6.68. The number of carbonyl (C=O) groups excluding carboxylic acids is 1. The van der Waals surface area contributed by atoms with E-state index in [0.29, 0.717) is 55.5 Å². The molecule has 1 saturated heterocycles. The summed E-state index contributed by atoms with van der Waals surface area (Å²) in [6, 6.07) is 11.5. The van der Waals surface area contributed by atoms with E-state index >= 15 is 0 Å². The van der Waals surface area contributed by atoms with Crippen molar-refractivity contribution in [3.05, 3.63) is 66.2 Å². The van der Waals surface area contributed by atoms with Crippen molar-refractivity contribution in [1.82, 2.24) is 4.31 Å². The van der Waals surface area contributed by atoms with Crippen LogP contribution in [0.3, 0.4) is 0 Å². The molecule has 1 amide bonds. The maximum absolute atomic E-state index is 12.9. The number of hydrogen-bond acceptors (Lipinski definition) is 5. The van der Waals surface area contributed by atoms with Crippen molar-refractivity contribution >= 4 is 21.6 Å². The van der Waals surface area contributed by atoms with Crippen LogP contribution in [0.1, 0.15) is 15.9 Å². The van der Waals surface area contributed by atoms with E-state index in [1.54, 1.807) is 43.3 Å². The molecule has 7 nitrogen and oxygen atoms in total. The van der Waals surface area contributed by atoms with E-state index in [2.05, 4.69) is 11.9 Å².